The Labute approximate surface area is 171 Å². The smallest absolute Gasteiger partial charge is 0.269 e. The Hall–Kier alpha value is -3.86. The van der Waals surface area contributed by atoms with Gasteiger partial charge in [0.25, 0.3) is 27.2 Å². The highest BCUT2D eigenvalue weighted by molar-refractivity contribution is 7.90. The Morgan fingerprint density at radius 2 is 1.83 bits per heavy atom. The van der Waals surface area contributed by atoms with E-state index in [2.05, 4.69) is 5.10 Å². The van der Waals surface area contributed by atoms with Crippen molar-refractivity contribution in [3.63, 3.8) is 0 Å². The van der Waals surface area contributed by atoms with Gasteiger partial charge >= 0.3 is 0 Å². The molecule has 0 saturated carbocycles. The molecular weight excluding hydrogens is 412 g/mol. The van der Waals surface area contributed by atoms with Crippen LogP contribution in [-0.4, -0.2) is 29.0 Å². The third-order valence-corrected chi connectivity index (χ3v) is 5.67. The number of hydrogen-bond donors (Lipinski definition) is 1. The van der Waals surface area contributed by atoms with Crippen molar-refractivity contribution in [1.82, 2.24) is 14.5 Å². The van der Waals surface area contributed by atoms with Crippen molar-refractivity contribution in [1.29, 1.82) is 0 Å². The molecule has 0 fully saturated rings. The first-order valence-corrected chi connectivity index (χ1v) is 10.1. The van der Waals surface area contributed by atoms with Crippen molar-refractivity contribution in [3.05, 3.63) is 86.7 Å². The van der Waals surface area contributed by atoms with E-state index in [0.29, 0.717) is 5.69 Å². The molecule has 3 rings (SSSR count). The average Bonchev–Trinajstić information content (AvgIpc) is 2.69. The van der Waals surface area contributed by atoms with Crippen molar-refractivity contribution in [2.24, 2.45) is 0 Å². The summed E-state index contributed by atoms with van der Waals surface area (Å²) < 4.78 is 27.7. The summed E-state index contributed by atoms with van der Waals surface area (Å²) in [5, 5.41) is 14.9. The Morgan fingerprint density at radius 3 is 2.47 bits per heavy atom. The Morgan fingerprint density at radius 1 is 1.13 bits per heavy atom. The van der Waals surface area contributed by atoms with Gasteiger partial charge in [0.05, 0.1) is 15.5 Å². The van der Waals surface area contributed by atoms with Crippen LogP contribution in [0.2, 0.25) is 0 Å². The van der Waals surface area contributed by atoms with Crippen LogP contribution in [0.4, 0.5) is 5.69 Å². The maximum absolute atomic E-state index is 12.5. The molecular formula is C19H16N4O6S. The number of hydrogen-bond acceptors (Lipinski definition) is 7. The van der Waals surface area contributed by atoms with Gasteiger partial charge in [-0.3, -0.25) is 19.7 Å². The van der Waals surface area contributed by atoms with E-state index in [9.17, 15) is 28.1 Å². The van der Waals surface area contributed by atoms with Gasteiger partial charge in [-0.05, 0) is 24.6 Å². The minimum Gasteiger partial charge on any atom is -0.272 e. The number of sulfonamides is 1. The lowest BCUT2D eigenvalue weighted by Crippen LogP contribution is -2.37. The molecule has 154 valence electrons. The number of non-ortho nitro benzene ring substituents is 1. The quantitative estimate of drug-likeness (QED) is 0.464. The van der Waals surface area contributed by atoms with Crippen LogP contribution in [0.3, 0.4) is 0 Å². The standard InChI is InChI=1S/C19H16N4O6S/c1-13-11-15(23(26)27)7-9-17(13)30(28,29)21-18(24)12-22-19(25)10-8-16(20-22)14-5-3-2-4-6-14/h2-11H,12H2,1H3,(H,21,24). The van der Waals surface area contributed by atoms with Crippen molar-refractivity contribution in [3.8, 4) is 11.3 Å². The molecule has 0 radical (unpaired) electrons. The lowest BCUT2D eigenvalue weighted by molar-refractivity contribution is -0.385. The van der Waals surface area contributed by atoms with Crippen LogP contribution in [0.5, 0.6) is 0 Å². The zero-order valence-electron chi connectivity index (χ0n) is 15.7. The van der Waals surface area contributed by atoms with E-state index in [1.807, 2.05) is 10.8 Å². The largest absolute Gasteiger partial charge is 0.272 e. The van der Waals surface area contributed by atoms with Crippen LogP contribution in [0.15, 0.2) is 70.4 Å². The van der Waals surface area contributed by atoms with Gasteiger partial charge in [-0.15, -0.1) is 0 Å². The van der Waals surface area contributed by atoms with Crippen LogP contribution in [-0.2, 0) is 21.4 Å². The lowest BCUT2D eigenvalue weighted by Gasteiger charge is -2.10. The second-order valence-corrected chi connectivity index (χ2v) is 7.97. The van der Waals surface area contributed by atoms with Crippen molar-refractivity contribution >= 4 is 21.6 Å². The fourth-order valence-corrected chi connectivity index (χ4v) is 3.95. The highest BCUT2D eigenvalue weighted by atomic mass is 32.2. The number of nitrogens with one attached hydrogen (secondary N) is 1. The van der Waals surface area contributed by atoms with Gasteiger partial charge in [0.1, 0.15) is 6.54 Å². The van der Waals surface area contributed by atoms with Gasteiger partial charge in [-0.1, -0.05) is 30.3 Å². The summed E-state index contributed by atoms with van der Waals surface area (Å²) in [4.78, 5) is 34.2. The number of benzene rings is 2. The molecule has 0 aliphatic carbocycles. The van der Waals surface area contributed by atoms with E-state index in [1.54, 1.807) is 24.3 Å². The predicted molar refractivity (Wildman–Crippen MR) is 107 cm³/mol. The third kappa shape index (κ3) is 4.58. The number of nitro benzene ring substituents is 1. The summed E-state index contributed by atoms with van der Waals surface area (Å²) >= 11 is 0. The van der Waals surface area contributed by atoms with Gasteiger partial charge in [0.2, 0.25) is 0 Å². The van der Waals surface area contributed by atoms with Gasteiger partial charge < -0.3 is 0 Å². The summed E-state index contributed by atoms with van der Waals surface area (Å²) in [5.41, 5.74) is 0.420. The summed E-state index contributed by atoms with van der Waals surface area (Å²) in [6.07, 6.45) is 0. The van der Waals surface area contributed by atoms with Crippen molar-refractivity contribution in [2.45, 2.75) is 18.4 Å². The van der Waals surface area contributed by atoms with Gasteiger partial charge in [-0.2, -0.15) is 5.10 Å². The molecule has 1 aromatic heterocycles. The molecule has 0 atom stereocenters. The summed E-state index contributed by atoms with van der Waals surface area (Å²) in [5.74, 6) is -0.979. The van der Waals surface area contributed by atoms with Crippen LogP contribution in [0.25, 0.3) is 11.3 Å². The van der Waals surface area contributed by atoms with Gasteiger partial charge in [-0.25, -0.2) is 17.8 Å². The van der Waals surface area contributed by atoms with E-state index < -0.39 is 33.0 Å². The molecule has 0 saturated heterocycles. The topological polar surface area (TPSA) is 141 Å². The highest BCUT2D eigenvalue weighted by Gasteiger charge is 2.22. The number of rotatable bonds is 6. The molecule has 1 amide bonds. The SMILES string of the molecule is Cc1cc([N+](=O)[O-])ccc1S(=O)(=O)NC(=O)Cn1nc(-c2ccccc2)ccc1=O. The van der Waals surface area contributed by atoms with E-state index in [-0.39, 0.29) is 16.1 Å². The average molecular weight is 428 g/mol. The van der Waals surface area contributed by atoms with Crippen molar-refractivity contribution < 1.29 is 18.1 Å². The van der Waals surface area contributed by atoms with Crippen molar-refractivity contribution in [2.75, 3.05) is 0 Å². The van der Waals surface area contributed by atoms with E-state index >= 15 is 0 Å². The molecule has 0 aliphatic rings. The lowest BCUT2D eigenvalue weighted by atomic mass is 10.1. The zero-order chi connectivity index (χ0) is 21.9. The van der Waals surface area contributed by atoms with E-state index in [4.69, 9.17) is 0 Å². The first-order chi connectivity index (χ1) is 14.2. The number of aromatic nitrogens is 2. The number of carbonyl (C=O) groups is 1. The van der Waals surface area contributed by atoms with Crippen LogP contribution in [0, 0.1) is 17.0 Å². The van der Waals surface area contributed by atoms with E-state index in [0.717, 1.165) is 28.4 Å². The molecule has 10 nitrogen and oxygen atoms in total. The maximum Gasteiger partial charge on any atom is 0.269 e. The third-order valence-electron chi connectivity index (χ3n) is 4.14. The predicted octanol–water partition coefficient (Wildman–Crippen LogP) is 1.63. The molecule has 30 heavy (non-hydrogen) atoms. The molecule has 3 aromatic rings. The van der Waals surface area contributed by atoms with Crippen LogP contribution >= 0.6 is 0 Å². The summed E-state index contributed by atoms with van der Waals surface area (Å²) in [6, 6.07) is 14.9. The highest BCUT2D eigenvalue weighted by Crippen LogP contribution is 2.21. The van der Waals surface area contributed by atoms with Crippen LogP contribution < -0.4 is 10.3 Å². The molecule has 1 N–H and O–H groups in total. The fourth-order valence-electron chi connectivity index (χ4n) is 2.75. The Kier molecular flexibility index (Phi) is 5.74. The van der Waals surface area contributed by atoms with Crippen LogP contribution in [0.1, 0.15) is 5.56 Å². The minimum atomic E-state index is -4.29. The first-order valence-electron chi connectivity index (χ1n) is 8.61. The Bertz CT molecular complexity index is 1290. The minimum absolute atomic E-state index is 0.103. The molecule has 0 bridgehead atoms. The second-order valence-electron chi connectivity index (χ2n) is 6.32. The number of amides is 1. The fraction of sp³-hybridized carbons (Fsp3) is 0.105. The monoisotopic (exact) mass is 428 g/mol. The van der Waals surface area contributed by atoms with Gasteiger partial charge in [0, 0.05) is 23.8 Å². The number of nitro groups is 1. The first kappa shape index (κ1) is 20.9. The molecule has 0 aliphatic heterocycles. The molecule has 2 aromatic carbocycles. The number of aryl methyl sites for hydroxylation is 1. The number of nitrogens with zero attached hydrogens (tertiary/aromatic N) is 3. The number of carbonyl (C=O) groups excluding carboxylic acids is 1. The summed E-state index contributed by atoms with van der Waals surface area (Å²) in [6.45, 7) is 0.756. The molecule has 0 unspecified atom stereocenters. The maximum atomic E-state index is 12.5. The second kappa shape index (κ2) is 8.25. The Balaban J connectivity index is 1.82. The van der Waals surface area contributed by atoms with E-state index in [1.165, 1.54) is 19.1 Å². The molecule has 1 heterocycles. The molecule has 0 spiro atoms. The summed E-state index contributed by atoms with van der Waals surface area (Å²) in [7, 11) is -4.29. The van der Waals surface area contributed by atoms with Gasteiger partial charge in [0.15, 0.2) is 0 Å². The zero-order valence-corrected chi connectivity index (χ0v) is 16.5. The molecule has 11 heteroatoms. The normalized spacial score (nSPS) is 11.1.